The molecule has 1 aliphatic rings. The molecule has 0 aromatic heterocycles. The van der Waals surface area contributed by atoms with E-state index < -0.39 is 0 Å². The maximum Gasteiger partial charge on any atom is 0.135 e. The summed E-state index contributed by atoms with van der Waals surface area (Å²) in [4.78, 5) is 4.06. The van der Waals surface area contributed by atoms with E-state index in [-0.39, 0.29) is 35.6 Å². The molecule has 1 heterocycles. The molecule has 146 valence electrons. The summed E-state index contributed by atoms with van der Waals surface area (Å²) in [6.45, 7) is 1.02. The molecule has 8 heteroatoms. The molecule has 2 unspecified atom stereocenters. The molecule has 3 nitrogen and oxygen atoms in total. The van der Waals surface area contributed by atoms with Gasteiger partial charge in [-0.3, -0.25) is 0 Å². The first-order valence-corrected chi connectivity index (χ1v) is 9.60. The van der Waals surface area contributed by atoms with Gasteiger partial charge < -0.3 is 14.5 Å². The zero-order valence-corrected chi connectivity index (χ0v) is 19.8. The van der Waals surface area contributed by atoms with Crippen LogP contribution in [0, 0.1) is 0 Å². The van der Waals surface area contributed by atoms with Gasteiger partial charge in [0.15, 0.2) is 0 Å². The van der Waals surface area contributed by atoms with Gasteiger partial charge in [0, 0.05) is 34.5 Å². The van der Waals surface area contributed by atoms with Crippen molar-refractivity contribution in [3.8, 4) is 0 Å². The fraction of sp³-hybridized carbons (Fsp3) is 0.263. The highest BCUT2D eigenvalue weighted by atomic mass is 127. The first-order valence-electron chi connectivity index (χ1n) is 8.03. The minimum atomic E-state index is -0.386. The highest BCUT2D eigenvalue weighted by Crippen LogP contribution is 2.32. The molecule has 0 saturated heterocycles. The predicted octanol–water partition coefficient (Wildman–Crippen LogP) is 6.76. The largest absolute Gasteiger partial charge is 0.365 e. The van der Waals surface area contributed by atoms with E-state index in [1.807, 2.05) is 59.6 Å². The van der Waals surface area contributed by atoms with Crippen LogP contribution in [-0.2, 0) is 11.3 Å². The molecule has 0 aliphatic carbocycles. The number of benzene rings is 2. The van der Waals surface area contributed by atoms with Crippen molar-refractivity contribution in [3.63, 3.8) is 0 Å². The fourth-order valence-corrected chi connectivity index (χ4v) is 3.62. The highest BCUT2D eigenvalue weighted by Gasteiger charge is 2.28. The molecular weight excluding hydrogens is 541 g/mol. The fourth-order valence-electron chi connectivity index (χ4n) is 2.69. The molecule has 27 heavy (non-hydrogen) atoms. The van der Waals surface area contributed by atoms with E-state index >= 15 is 0 Å². The van der Waals surface area contributed by atoms with Crippen molar-refractivity contribution in [2.45, 2.75) is 18.2 Å². The van der Waals surface area contributed by atoms with E-state index in [0.29, 0.717) is 28.3 Å². The monoisotopic (exact) mass is 558 g/mol. The van der Waals surface area contributed by atoms with Gasteiger partial charge >= 0.3 is 0 Å². The number of alkyl halides is 1. The summed E-state index contributed by atoms with van der Waals surface area (Å²) in [5, 5.41) is 1.83. The normalized spacial score (nSPS) is 15.6. The van der Waals surface area contributed by atoms with Crippen LogP contribution < -0.4 is 0 Å². The number of rotatable bonds is 6. The van der Waals surface area contributed by atoms with Crippen LogP contribution in [-0.4, -0.2) is 29.0 Å². The zero-order valence-electron chi connectivity index (χ0n) is 14.5. The molecule has 1 aliphatic heterocycles. The van der Waals surface area contributed by atoms with Crippen molar-refractivity contribution in [3.05, 3.63) is 81.1 Å². The van der Waals surface area contributed by atoms with Crippen LogP contribution in [0.25, 0.3) is 0 Å². The average Bonchev–Trinajstić information content (AvgIpc) is 3.04. The van der Waals surface area contributed by atoms with Crippen LogP contribution >= 0.6 is 70.4 Å². The average molecular weight is 560 g/mol. The maximum atomic E-state index is 6.76. The number of ether oxygens (including phenoxy) is 1. The highest BCUT2D eigenvalue weighted by molar-refractivity contribution is 14.0. The molecule has 2 aromatic rings. The van der Waals surface area contributed by atoms with Crippen LogP contribution in [0.5, 0.6) is 0 Å². The van der Waals surface area contributed by atoms with Gasteiger partial charge in [-0.1, -0.05) is 64.6 Å². The van der Waals surface area contributed by atoms with Gasteiger partial charge in [0.1, 0.15) is 11.6 Å². The zero-order chi connectivity index (χ0) is 18.7. The molecule has 0 bridgehead atoms. The molecule has 0 N–H and O–H groups in total. The summed E-state index contributed by atoms with van der Waals surface area (Å²) in [5.41, 5.74) is 1.42. The van der Waals surface area contributed by atoms with Gasteiger partial charge in [-0.25, -0.2) is 0 Å². The Kier molecular flexibility index (Phi) is 8.84. The molecular formula is C19H19Cl4IN2O. The van der Waals surface area contributed by atoms with Gasteiger partial charge in [0.25, 0.3) is 0 Å². The Balaban J connectivity index is 0.00000261. The lowest BCUT2D eigenvalue weighted by atomic mass is 10.1. The summed E-state index contributed by atoms with van der Waals surface area (Å²) in [6, 6.07) is 12.9. The first kappa shape index (κ1) is 22.9. The second-order valence-corrected chi connectivity index (χ2v) is 7.83. The van der Waals surface area contributed by atoms with Gasteiger partial charge in [0.2, 0.25) is 0 Å². The van der Waals surface area contributed by atoms with Gasteiger partial charge in [-0.15, -0.1) is 24.0 Å². The third-order valence-corrected chi connectivity index (χ3v) is 5.42. The Morgan fingerprint density at radius 2 is 1.67 bits per heavy atom. The first-order chi connectivity index (χ1) is 12.4. The maximum absolute atomic E-state index is 6.76. The van der Waals surface area contributed by atoms with Gasteiger partial charge in [-0.2, -0.15) is 0 Å². The van der Waals surface area contributed by atoms with Crippen molar-refractivity contribution < 1.29 is 4.74 Å². The van der Waals surface area contributed by atoms with Gasteiger partial charge in [-0.05, 0) is 35.4 Å². The number of hydrogen-bond donors (Lipinski definition) is 0. The van der Waals surface area contributed by atoms with E-state index in [1.54, 1.807) is 12.1 Å². The predicted molar refractivity (Wildman–Crippen MR) is 124 cm³/mol. The van der Waals surface area contributed by atoms with E-state index in [1.165, 1.54) is 0 Å². The lowest BCUT2D eigenvalue weighted by Crippen LogP contribution is -2.34. The minimum absolute atomic E-state index is 0. The molecule has 0 radical (unpaired) electrons. The molecule has 3 rings (SSSR count). The molecule has 0 amide bonds. The quantitative estimate of drug-likeness (QED) is 0.221. The van der Waals surface area contributed by atoms with Crippen molar-refractivity contribution in [2.75, 3.05) is 13.7 Å². The molecule has 2 atom stereocenters. The molecule has 0 fully saturated rings. The van der Waals surface area contributed by atoms with E-state index in [4.69, 9.17) is 51.1 Å². The van der Waals surface area contributed by atoms with Crippen molar-refractivity contribution >= 4 is 70.4 Å². The minimum Gasteiger partial charge on any atom is -0.365 e. The van der Waals surface area contributed by atoms with Crippen LogP contribution in [0.15, 0.2) is 54.9 Å². The lowest BCUT2D eigenvalue weighted by molar-refractivity contribution is 0.00765. The second-order valence-electron chi connectivity index (χ2n) is 6.10. The topological polar surface area (TPSA) is 15.7 Å². The Hall–Kier alpha value is -0.370. The van der Waals surface area contributed by atoms with Crippen molar-refractivity contribution in [1.29, 1.82) is 0 Å². The Morgan fingerprint density at radius 1 is 1.00 bits per heavy atom. The van der Waals surface area contributed by atoms with E-state index in [0.717, 1.165) is 11.1 Å². The third kappa shape index (κ3) is 6.05. The summed E-state index contributed by atoms with van der Waals surface area (Å²) in [6.07, 6.45) is 3.57. The third-order valence-electron chi connectivity index (χ3n) is 4.10. The molecule has 0 saturated carbocycles. The van der Waals surface area contributed by atoms with Crippen LogP contribution in [0.2, 0.25) is 15.1 Å². The van der Waals surface area contributed by atoms with Crippen LogP contribution in [0.3, 0.4) is 0 Å². The van der Waals surface area contributed by atoms with Gasteiger partial charge in [0.05, 0.1) is 13.3 Å². The number of halogens is 5. The summed E-state index contributed by atoms with van der Waals surface area (Å²) in [5.74, 6) is 0. The van der Waals surface area contributed by atoms with Crippen molar-refractivity contribution in [2.24, 2.45) is 0 Å². The SMILES string of the molecule is CN1C=CN(C(Cl)C(OCc2ccc(Cl)cc2Cl)c2ccc(Cl)cc2)C1.I. The molecule has 2 aromatic carbocycles. The number of hydrogen-bond acceptors (Lipinski definition) is 3. The number of nitrogens with zero attached hydrogens (tertiary/aromatic N) is 2. The Labute approximate surface area is 196 Å². The lowest BCUT2D eigenvalue weighted by Gasteiger charge is -2.31. The van der Waals surface area contributed by atoms with E-state index in [9.17, 15) is 0 Å². The summed E-state index contributed by atoms with van der Waals surface area (Å²) in [7, 11) is 1.99. The smallest absolute Gasteiger partial charge is 0.135 e. The van der Waals surface area contributed by atoms with Crippen LogP contribution in [0.4, 0.5) is 0 Å². The summed E-state index contributed by atoms with van der Waals surface area (Å²) < 4.78 is 6.19. The summed E-state index contributed by atoms with van der Waals surface area (Å²) >= 11 is 25.0. The second kappa shape index (κ2) is 10.4. The Bertz CT molecular complexity index is 788. The van der Waals surface area contributed by atoms with Crippen molar-refractivity contribution in [1.82, 2.24) is 9.80 Å². The standard InChI is InChI=1S/C19H18Cl4N2O.HI/c1-24-8-9-25(12-24)19(23)18(13-2-5-15(20)6-3-13)26-11-14-4-7-16(21)10-17(14)22;/h2-10,18-19H,11-12H2,1H3;1H. The Morgan fingerprint density at radius 3 is 2.26 bits per heavy atom. The van der Waals surface area contributed by atoms with Crippen LogP contribution in [0.1, 0.15) is 17.2 Å². The molecule has 0 spiro atoms. The van der Waals surface area contributed by atoms with E-state index in [2.05, 4.69) is 0 Å².